The second-order valence-electron chi connectivity index (χ2n) is 5.41. The molecule has 1 N–H and O–H groups in total. The van der Waals surface area contributed by atoms with E-state index in [9.17, 15) is 13.6 Å². The van der Waals surface area contributed by atoms with E-state index in [0.29, 0.717) is 19.0 Å². The fraction of sp³-hybridized carbons (Fsp3) is 0.294. The summed E-state index contributed by atoms with van der Waals surface area (Å²) in [6, 6.07) is 6.20. The summed E-state index contributed by atoms with van der Waals surface area (Å²) < 4.78 is 37.7. The van der Waals surface area contributed by atoms with E-state index >= 15 is 0 Å². The molecule has 3 rings (SSSR count). The zero-order valence-corrected chi connectivity index (χ0v) is 12.8. The van der Waals surface area contributed by atoms with Gasteiger partial charge in [0.05, 0.1) is 11.8 Å². The van der Waals surface area contributed by atoms with E-state index in [0.717, 1.165) is 25.0 Å². The van der Waals surface area contributed by atoms with Gasteiger partial charge in [-0.15, -0.1) is 0 Å². The molecular weight excluding hydrogens is 318 g/mol. The van der Waals surface area contributed by atoms with Crippen LogP contribution in [-0.4, -0.2) is 30.2 Å². The molecule has 1 aliphatic rings. The van der Waals surface area contributed by atoms with Crippen molar-refractivity contribution in [2.45, 2.75) is 18.9 Å². The topological polar surface area (TPSA) is 60.5 Å². The lowest BCUT2D eigenvalue weighted by molar-refractivity contribution is 0.0681. The molecule has 1 saturated heterocycles. The molecule has 1 aliphatic heterocycles. The minimum Gasteiger partial charge on any atom is -0.489 e. The van der Waals surface area contributed by atoms with Crippen molar-refractivity contribution < 1.29 is 23.0 Å². The van der Waals surface area contributed by atoms with Crippen molar-refractivity contribution in [1.29, 1.82) is 0 Å². The minimum atomic E-state index is -0.767. The number of pyridine rings is 1. The highest BCUT2D eigenvalue weighted by Crippen LogP contribution is 2.27. The van der Waals surface area contributed by atoms with Gasteiger partial charge in [0.15, 0.2) is 0 Å². The van der Waals surface area contributed by atoms with Crippen LogP contribution in [0.1, 0.15) is 23.2 Å². The first-order valence-electron chi connectivity index (χ1n) is 7.58. The van der Waals surface area contributed by atoms with E-state index in [1.54, 1.807) is 0 Å². The van der Waals surface area contributed by atoms with E-state index in [-0.39, 0.29) is 17.4 Å². The number of aromatic nitrogens is 1. The molecule has 0 unspecified atom stereocenters. The molecule has 0 aliphatic carbocycles. The molecule has 2 heterocycles. The number of rotatable bonds is 5. The van der Waals surface area contributed by atoms with Gasteiger partial charge < -0.3 is 14.8 Å². The molecule has 1 amide bonds. The SMILES string of the molecule is O=C(Nc1cc(F)ccc1OC[C@@H]1CCCO1)c1ccnc(F)c1. The number of hydrogen-bond donors (Lipinski definition) is 1. The van der Waals surface area contributed by atoms with Gasteiger partial charge in [-0.2, -0.15) is 4.39 Å². The third-order valence-corrected chi connectivity index (χ3v) is 3.63. The smallest absolute Gasteiger partial charge is 0.255 e. The summed E-state index contributed by atoms with van der Waals surface area (Å²) in [5.74, 6) is -1.54. The third kappa shape index (κ3) is 4.05. The highest BCUT2D eigenvalue weighted by Gasteiger charge is 2.18. The molecule has 1 aromatic heterocycles. The summed E-state index contributed by atoms with van der Waals surface area (Å²) in [7, 11) is 0. The molecule has 2 aromatic rings. The highest BCUT2D eigenvalue weighted by molar-refractivity contribution is 6.04. The van der Waals surface area contributed by atoms with Crippen LogP contribution in [0.4, 0.5) is 14.5 Å². The number of ether oxygens (including phenoxy) is 2. The Balaban J connectivity index is 1.73. The first-order valence-corrected chi connectivity index (χ1v) is 7.58. The van der Waals surface area contributed by atoms with Crippen molar-refractivity contribution in [2.24, 2.45) is 0 Å². The number of hydrogen-bond acceptors (Lipinski definition) is 4. The number of nitrogens with one attached hydrogen (secondary N) is 1. The number of benzene rings is 1. The number of amides is 1. The second-order valence-corrected chi connectivity index (χ2v) is 5.41. The number of halogens is 2. The lowest BCUT2D eigenvalue weighted by atomic mass is 10.2. The molecule has 1 aromatic carbocycles. The molecule has 5 nitrogen and oxygen atoms in total. The van der Waals surface area contributed by atoms with Crippen LogP contribution < -0.4 is 10.1 Å². The van der Waals surface area contributed by atoms with Gasteiger partial charge in [-0.05, 0) is 31.0 Å². The second kappa shape index (κ2) is 7.35. The van der Waals surface area contributed by atoms with Gasteiger partial charge in [0.2, 0.25) is 5.95 Å². The minimum absolute atomic E-state index is 0.00658. The maximum absolute atomic E-state index is 13.5. The van der Waals surface area contributed by atoms with Crippen molar-refractivity contribution in [1.82, 2.24) is 4.98 Å². The summed E-state index contributed by atoms with van der Waals surface area (Å²) in [5, 5.41) is 2.53. The van der Waals surface area contributed by atoms with Gasteiger partial charge in [0, 0.05) is 30.5 Å². The average Bonchev–Trinajstić information content (AvgIpc) is 3.07. The maximum atomic E-state index is 13.5. The number of nitrogens with zero attached hydrogens (tertiary/aromatic N) is 1. The Kier molecular flexibility index (Phi) is 5.00. The average molecular weight is 334 g/mol. The van der Waals surface area contributed by atoms with E-state index in [4.69, 9.17) is 9.47 Å². The quantitative estimate of drug-likeness (QED) is 0.853. The Bertz CT molecular complexity index is 734. The highest BCUT2D eigenvalue weighted by atomic mass is 19.1. The van der Waals surface area contributed by atoms with E-state index < -0.39 is 17.7 Å². The number of carbonyl (C=O) groups excluding carboxylic acids is 1. The summed E-state index contributed by atoms with van der Waals surface area (Å²) >= 11 is 0. The summed E-state index contributed by atoms with van der Waals surface area (Å²) in [5.41, 5.74) is 0.257. The lowest BCUT2D eigenvalue weighted by Gasteiger charge is -2.15. The molecular formula is C17H16F2N2O3. The van der Waals surface area contributed by atoms with Crippen LogP contribution in [0.5, 0.6) is 5.75 Å². The van der Waals surface area contributed by atoms with Crippen LogP contribution >= 0.6 is 0 Å². The monoisotopic (exact) mass is 334 g/mol. The Morgan fingerprint density at radius 3 is 2.96 bits per heavy atom. The van der Waals surface area contributed by atoms with Crippen molar-refractivity contribution in [2.75, 3.05) is 18.5 Å². The number of anilines is 1. The normalized spacial score (nSPS) is 16.8. The third-order valence-electron chi connectivity index (χ3n) is 3.63. The molecule has 0 spiro atoms. The molecule has 7 heteroatoms. The zero-order valence-electron chi connectivity index (χ0n) is 12.8. The van der Waals surface area contributed by atoms with Crippen LogP contribution in [0.25, 0.3) is 0 Å². The van der Waals surface area contributed by atoms with Crippen molar-refractivity contribution >= 4 is 11.6 Å². The molecule has 0 bridgehead atoms. The van der Waals surface area contributed by atoms with Crippen molar-refractivity contribution in [3.63, 3.8) is 0 Å². The van der Waals surface area contributed by atoms with E-state index in [2.05, 4.69) is 10.3 Å². The first-order chi connectivity index (χ1) is 11.6. The Morgan fingerprint density at radius 2 is 2.21 bits per heavy atom. The molecule has 1 atom stereocenters. The van der Waals surface area contributed by atoms with Crippen LogP contribution in [0, 0.1) is 11.8 Å². The van der Waals surface area contributed by atoms with Gasteiger partial charge >= 0.3 is 0 Å². The Hall–Kier alpha value is -2.54. The first kappa shape index (κ1) is 16.3. The largest absolute Gasteiger partial charge is 0.489 e. The molecule has 24 heavy (non-hydrogen) atoms. The Morgan fingerprint density at radius 1 is 1.33 bits per heavy atom. The van der Waals surface area contributed by atoms with Gasteiger partial charge in [-0.25, -0.2) is 9.37 Å². The molecule has 126 valence electrons. The van der Waals surface area contributed by atoms with Crippen LogP contribution in [0.15, 0.2) is 36.5 Å². The van der Waals surface area contributed by atoms with Gasteiger partial charge in [0.1, 0.15) is 18.2 Å². The van der Waals surface area contributed by atoms with Crippen molar-refractivity contribution in [3.8, 4) is 5.75 Å². The fourth-order valence-corrected chi connectivity index (χ4v) is 2.42. The fourth-order valence-electron chi connectivity index (χ4n) is 2.42. The van der Waals surface area contributed by atoms with Crippen LogP contribution in [0.2, 0.25) is 0 Å². The summed E-state index contributed by atoms with van der Waals surface area (Å²) in [4.78, 5) is 15.6. The van der Waals surface area contributed by atoms with Gasteiger partial charge in [-0.3, -0.25) is 4.79 Å². The van der Waals surface area contributed by atoms with Crippen LogP contribution in [-0.2, 0) is 4.74 Å². The maximum Gasteiger partial charge on any atom is 0.255 e. The number of carbonyl (C=O) groups is 1. The van der Waals surface area contributed by atoms with Gasteiger partial charge in [0.25, 0.3) is 5.91 Å². The van der Waals surface area contributed by atoms with E-state index in [1.807, 2.05) is 0 Å². The van der Waals surface area contributed by atoms with Gasteiger partial charge in [-0.1, -0.05) is 0 Å². The predicted octanol–water partition coefficient (Wildman–Crippen LogP) is 3.17. The zero-order chi connectivity index (χ0) is 16.9. The molecule has 1 fully saturated rings. The lowest BCUT2D eigenvalue weighted by Crippen LogP contribution is -2.18. The van der Waals surface area contributed by atoms with Crippen LogP contribution in [0.3, 0.4) is 0 Å². The predicted molar refractivity (Wildman–Crippen MR) is 83.0 cm³/mol. The van der Waals surface area contributed by atoms with E-state index in [1.165, 1.54) is 24.4 Å². The molecule has 0 radical (unpaired) electrons. The summed E-state index contributed by atoms with van der Waals surface area (Å²) in [6.07, 6.45) is 3.06. The summed E-state index contributed by atoms with van der Waals surface area (Å²) in [6.45, 7) is 1.02. The van der Waals surface area contributed by atoms with Crippen molar-refractivity contribution in [3.05, 3.63) is 53.9 Å². The standard InChI is InChI=1S/C17H16F2N2O3/c18-12-3-4-15(24-10-13-2-1-7-23-13)14(9-12)21-17(22)11-5-6-20-16(19)8-11/h3-6,8-9,13H,1-2,7,10H2,(H,21,22)/t13-/m0/s1. The Labute approximate surface area is 137 Å². The molecule has 0 saturated carbocycles.